The second-order valence-corrected chi connectivity index (χ2v) is 6.01. The van der Waals surface area contributed by atoms with Crippen molar-refractivity contribution < 1.29 is 5.11 Å². The summed E-state index contributed by atoms with van der Waals surface area (Å²) < 4.78 is 0. The zero-order valence-electron chi connectivity index (χ0n) is 11.5. The van der Waals surface area contributed by atoms with Crippen molar-refractivity contribution in [2.75, 3.05) is 0 Å². The fraction of sp³-hybridized carbons (Fsp3) is 0.250. The number of pyridine rings is 1. The standard InChI is InChI=1S/C16H16N2OS/c1-10-7-14(13-5-3-4-6-15(13)17-10)16(19)8-12-9-20-11(2)18-12/h3-7,9,16,19H,8H2,1-2H3. The van der Waals surface area contributed by atoms with Crippen LogP contribution in [0.4, 0.5) is 0 Å². The summed E-state index contributed by atoms with van der Waals surface area (Å²) in [6, 6.07) is 9.89. The molecule has 0 spiro atoms. The highest BCUT2D eigenvalue weighted by Crippen LogP contribution is 2.26. The number of thiazole rings is 1. The predicted molar refractivity (Wildman–Crippen MR) is 82.0 cm³/mol. The van der Waals surface area contributed by atoms with E-state index in [4.69, 9.17) is 0 Å². The van der Waals surface area contributed by atoms with Gasteiger partial charge in [0.05, 0.1) is 22.3 Å². The number of nitrogens with zero attached hydrogens (tertiary/aromatic N) is 2. The van der Waals surface area contributed by atoms with Crippen molar-refractivity contribution in [3.63, 3.8) is 0 Å². The van der Waals surface area contributed by atoms with Gasteiger partial charge in [0.1, 0.15) is 0 Å². The summed E-state index contributed by atoms with van der Waals surface area (Å²) in [5, 5.41) is 14.6. The molecule has 0 saturated heterocycles. The van der Waals surface area contributed by atoms with E-state index in [-0.39, 0.29) is 0 Å². The van der Waals surface area contributed by atoms with E-state index >= 15 is 0 Å². The van der Waals surface area contributed by atoms with E-state index in [9.17, 15) is 5.11 Å². The molecule has 0 bridgehead atoms. The molecule has 20 heavy (non-hydrogen) atoms. The third-order valence-electron chi connectivity index (χ3n) is 3.30. The lowest BCUT2D eigenvalue weighted by Crippen LogP contribution is -2.04. The smallest absolute Gasteiger partial charge is 0.0897 e. The highest BCUT2D eigenvalue weighted by atomic mass is 32.1. The first kappa shape index (κ1) is 13.2. The number of rotatable bonds is 3. The molecule has 0 saturated carbocycles. The largest absolute Gasteiger partial charge is 0.388 e. The Morgan fingerprint density at radius 3 is 2.75 bits per heavy atom. The zero-order valence-corrected chi connectivity index (χ0v) is 12.3. The second-order valence-electron chi connectivity index (χ2n) is 4.95. The van der Waals surface area contributed by atoms with Gasteiger partial charge in [0, 0.05) is 22.9 Å². The van der Waals surface area contributed by atoms with Crippen molar-refractivity contribution in [1.82, 2.24) is 9.97 Å². The highest BCUT2D eigenvalue weighted by molar-refractivity contribution is 7.09. The van der Waals surface area contributed by atoms with E-state index in [1.807, 2.05) is 49.6 Å². The van der Waals surface area contributed by atoms with Crippen molar-refractivity contribution >= 4 is 22.2 Å². The van der Waals surface area contributed by atoms with Crippen LogP contribution in [0.5, 0.6) is 0 Å². The molecule has 1 N–H and O–H groups in total. The van der Waals surface area contributed by atoms with Crippen molar-refractivity contribution in [3.8, 4) is 0 Å². The summed E-state index contributed by atoms with van der Waals surface area (Å²) in [4.78, 5) is 8.93. The fourth-order valence-corrected chi connectivity index (χ4v) is 3.05. The summed E-state index contributed by atoms with van der Waals surface area (Å²) in [5.74, 6) is 0. The van der Waals surface area contributed by atoms with Gasteiger partial charge in [-0.05, 0) is 31.5 Å². The van der Waals surface area contributed by atoms with Crippen molar-refractivity contribution in [3.05, 3.63) is 57.7 Å². The minimum Gasteiger partial charge on any atom is -0.388 e. The number of aryl methyl sites for hydroxylation is 2. The SMILES string of the molecule is Cc1cc(C(O)Cc2csc(C)n2)c2ccccc2n1. The first-order chi connectivity index (χ1) is 9.63. The monoisotopic (exact) mass is 284 g/mol. The van der Waals surface area contributed by atoms with Crippen LogP contribution in [0, 0.1) is 13.8 Å². The van der Waals surface area contributed by atoms with Crippen LogP contribution in [0.1, 0.15) is 28.1 Å². The van der Waals surface area contributed by atoms with Crippen LogP contribution in [0.25, 0.3) is 10.9 Å². The van der Waals surface area contributed by atoms with Gasteiger partial charge in [0.25, 0.3) is 0 Å². The van der Waals surface area contributed by atoms with Gasteiger partial charge in [-0.2, -0.15) is 0 Å². The molecule has 1 aromatic carbocycles. The molecule has 2 aromatic heterocycles. The Bertz CT molecular complexity index is 751. The molecule has 0 aliphatic carbocycles. The fourth-order valence-electron chi connectivity index (χ4n) is 2.43. The van der Waals surface area contributed by atoms with Crippen LogP contribution in [0.3, 0.4) is 0 Å². The highest BCUT2D eigenvalue weighted by Gasteiger charge is 2.14. The third-order valence-corrected chi connectivity index (χ3v) is 4.13. The molecule has 0 fully saturated rings. The molecule has 0 aliphatic rings. The van der Waals surface area contributed by atoms with Crippen LogP contribution in [0.15, 0.2) is 35.7 Å². The number of aliphatic hydroxyl groups is 1. The average molecular weight is 284 g/mol. The molecule has 2 heterocycles. The topological polar surface area (TPSA) is 46.0 Å². The summed E-state index contributed by atoms with van der Waals surface area (Å²) >= 11 is 1.61. The molecular weight excluding hydrogens is 268 g/mol. The quantitative estimate of drug-likeness (QED) is 0.799. The van der Waals surface area contributed by atoms with Gasteiger partial charge in [-0.25, -0.2) is 4.98 Å². The Kier molecular flexibility index (Phi) is 3.51. The van der Waals surface area contributed by atoms with Crippen LogP contribution < -0.4 is 0 Å². The predicted octanol–water partition coefficient (Wildman–Crippen LogP) is 3.58. The summed E-state index contributed by atoms with van der Waals surface area (Å²) in [5.41, 5.74) is 3.72. The lowest BCUT2D eigenvalue weighted by Gasteiger charge is -2.13. The normalized spacial score (nSPS) is 12.8. The average Bonchev–Trinajstić information content (AvgIpc) is 2.83. The molecule has 3 aromatic rings. The number of aliphatic hydroxyl groups excluding tert-OH is 1. The van der Waals surface area contributed by atoms with Gasteiger partial charge in [0.15, 0.2) is 0 Å². The minimum atomic E-state index is -0.553. The van der Waals surface area contributed by atoms with E-state index in [2.05, 4.69) is 9.97 Å². The Balaban J connectivity index is 2.00. The van der Waals surface area contributed by atoms with E-state index in [1.165, 1.54) is 0 Å². The van der Waals surface area contributed by atoms with E-state index in [0.29, 0.717) is 6.42 Å². The van der Waals surface area contributed by atoms with Crippen LogP contribution in [-0.4, -0.2) is 15.1 Å². The van der Waals surface area contributed by atoms with Crippen molar-refractivity contribution in [2.24, 2.45) is 0 Å². The second kappa shape index (κ2) is 5.31. The Morgan fingerprint density at radius 1 is 1.20 bits per heavy atom. The molecule has 4 heteroatoms. The molecule has 1 atom stereocenters. The molecule has 3 rings (SSSR count). The molecule has 1 unspecified atom stereocenters. The Hall–Kier alpha value is -1.78. The van der Waals surface area contributed by atoms with Gasteiger partial charge in [0.2, 0.25) is 0 Å². The van der Waals surface area contributed by atoms with E-state index in [1.54, 1.807) is 11.3 Å². The van der Waals surface area contributed by atoms with Crippen LogP contribution >= 0.6 is 11.3 Å². The van der Waals surface area contributed by atoms with E-state index < -0.39 is 6.10 Å². The van der Waals surface area contributed by atoms with Gasteiger partial charge in [-0.1, -0.05) is 18.2 Å². The molecule has 0 amide bonds. The minimum absolute atomic E-state index is 0.539. The van der Waals surface area contributed by atoms with Crippen molar-refractivity contribution in [1.29, 1.82) is 0 Å². The lowest BCUT2D eigenvalue weighted by atomic mass is 10.00. The molecule has 102 valence electrons. The molecule has 3 nitrogen and oxygen atoms in total. The number of para-hydroxylation sites is 1. The lowest BCUT2D eigenvalue weighted by molar-refractivity contribution is 0.179. The van der Waals surface area contributed by atoms with Crippen LogP contribution in [0.2, 0.25) is 0 Å². The Morgan fingerprint density at radius 2 is 2.00 bits per heavy atom. The number of hydrogen-bond acceptors (Lipinski definition) is 4. The molecule has 0 aliphatic heterocycles. The maximum absolute atomic E-state index is 10.5. The number of benzene rings is 1. The maximum atomic E-state index is 10.5. The van der Waals surface area contributed by atoms with Gasteiger partial charge >= 0.3 is 0 Å². The maximum Gasteiger partial charge on any atom is 0.0897 e. The van der Waals surface area contributed by atoms with Gasteiger partial charge in [-0.3, -0.25) is 4.98 Å². The first-order valence-electron chi connectivity index (χ1n) is 6.59. The van der Waals surface area contributed by atoms with Gasteiger partial charge in [-0.15, -0.1) is 11.3 Å². The summed E-state index contributed by atoms with van der Waals surface area (Å²) in [6.07, 6.45) is -0.0132. The Labute approximate surface area is 122 Å². The molecule has 0 radical (unpaired) electrons. The third kappa shape index (κ3) is 2.57. The number of hydrogen-bond donors (Lipinski definition) is 1. The van der Waals surface area contributed by atoms with Gasteiger partial charge < -0.3 is 5.11 Å². The summed E-state index contributed by atoms with van der Waals surface area (Å²) in [7, 11) is 0. The zero-order chi connectivity index (χ0) is 14.1. The number of aromatic nitrogens is 2. The van der Waals surface area contributed by atoms with Crippen molar-refractivity contribution in [2.45, 2.75) is 26.4 Å². The number of fused-ring (bicyclic) bond motifs is 1. The van der Waals surface area contributed by atoms with Crippen LogP contribution in [-0.2, 0) is 6.42 Å². The summed E-state index contributed by atoms with van der Waals surface area (Å²) in [6.45, 7) is 3.93. The van der Waals surface area contributed by atoms with E-state index in [0.717, 1.165) is 32.9 Å². The molecular formula is C16H16N2OS. The first-order valence-corrected chi connectivity index (χ1v) is 7.47.